The first kappa shape index (κ1) is 17.0. The number of nitrogens with zero attached hydrogens (tertiary/aromatic N) is 4. The van der Waals surface area contributed by atoms with E-state index in [9.17, 15) is 9.59 Å². The van der Waals surface area contributed by atoms with Gasteiger partial charge in [-0.25, -0.2) is 9.67 Å². The van der Waals surface area contributed by atoms with Crippen molar-refractivity contribution in [1.29, 1.82) is 0 Å². The number of aromatic nitrogens is 4. The Morgan fingerprint density at radius 1 is 1.07 bits per heavy atom. The van der Waals surface area contributed by atoms with Crippen LogP contribution in [0.2, 0.25) is 0 Å². The molecule has 0 bridgehead atoms. The van der Waals surface area contributed by atoms with Gasteiger partial charge in [-0.3, -0.25) is 9.59 Å². The van der Waals surface area contributed by atoms with E-state index in [1.54, 1.807) is 24.3 Å². The van der Waals surface area contributed by atoms with Crippen LogP contribution in [-0.2, 0) is 11.3 Å². The first-order valence-electron chi connectivity index (χ1n) is 8.34. The smallest absolute Gasteiger partial charge is 0.277 e. The van der Waals surface area contributed by atoms with Crippen molar-refractivity contribution in [3.8, 4) is 11.3 Å². The molecule has 8 heteroatoms. The maximum absolute atomic E-state index is 12.4. The third-order valence-corrected chi connectivity index (χ3v) is 4.76. The van der Waals surface area contributed by atoms with Crippen LogP contribution in [0.25, 0.3) is 22.2 Å². The van der Waals surface area contributed by atoms with E-state index in [0.29, 0.717) is 16.0 Å². The fourth-order valence-electron chi connectivity index (χ4n) is 2.63. The molecule has 134 valence electrons. The third kappa shape index (κ3) is 3.75. The molecule has 0 atom stereocenters. The zero-order chi connectivity index (χ0) is 18.6. The largest absolute Gasteiger partial charge is 0.302 e. The van der Waals surface area contributed by atoms with Gasteiger partial charge in [0.15, 0.2) is 5.13 Å². The van der Waals surface area contributed by atoms with Crippen molar-refractivity contribution >= 4 is 33.3 Å². The zero-order valence-corrected chi connectivity index (χ0v) is 15.0. The molecule has 0 saturated carbocycles. The molecule has 0 unspecified atom stereocenters. The number of thiazole rings is 1. The second-order valence-corrected chi connectivity index (χ2v) is 6.70. The topological polar surface area (TPSA) is 89.8 Å². The van der Waals surface area contributed by atoms with Crippen LogP contribution in [-0.4, -0.2) is 25.9 Å². The average molecular weight is 377 g/mol. The molecule has 4 rings (SSSR count). The van der Waals surface area contributed by atoms with E-state index in [4.69, 9.17) is 0 Å². The minimum atomic E-state index is -0.256. The lowest BCUT2D eigenvalue weighted by Crippen LogP contribution is -2.26. The first-order chi connectivity index (χ1) is 13.2. The maximum atomic E-state index is 12.4. The normalized spacial score (nSPS) is 10.8. The van der Waals surface area contributed by atoms with Crippen LogP contribution < -0.4 is 10.9 Å². The monoisotopic (exact) mass is 377 g/mol. The summed E-state index contributed by atoms with van der Waals surface area (Å²) in [4.78, 5) is 29.0. The highest BCUT2D eigenvalue weighted by atomic mass is 32.1. The summed E-state index contributed by atoms with van der Waals surface area (Å²) in [5, 5.41) is 13.6. The van der Waals surface area contributed by atoms with E-state index in [-0.39, 0.29) is 24.4 Å². The lowest BCUT2D eigenvalue weighted by Gasteiger charge is -2.05. The van der Waals surface area contributed by atoms with Crippen LogP contribution in [0.1, 0.15) is 6.42 Å². The highest BCUT2D eigenvalue weighted by Gasteiger charge is 2.10. The molecule has 0 aliphatic carbocycles. The fourth-order valence-corrected chi connectivity index (χ4v) is 3.37. The number of hydrogen-bond donors (Lipinski definition) is 1. The van der Waals surface area contributed by atoms with E-state index in [1.807, 2.05) is 35.7 Å². The summed E-state index contributed by atoms with van der Waals surface area (Å²) in [6.07, 6.45) is 0.104. The Bertz CT molecular complexity index is 1150. The molecule has 1 amide bonds. The Labute approximate surface area is 158 Å². The van der Waals surface area contributed by atoms with Gasteiger partial charge >= 0.3 is 0 Å². The minimum absolute atomic E-state index is 0.104. The van der Waals surface area contributed by atoms with Gasteiger partial charge < -0.3 is 5.32 Å². The predicted molar refractivity (Wildman–Crippen MR) is 105 cm³/mol. The van der Waals surface area contributed by atoms with E-state index in [2.05, 4.69) is 20.6 Å². The van der Waals surface area contributed by atoms with Crippen molar-refractivity contribution in [2.75, 3.05) is 5.32 Å². The Morgan fingerprint density at radius 3 is 2.70 bits per heavy atom. The molecule has 1 N–H and O–H groups in total. The molecule has 0 spiro atoms. The van der Waals surface area contributed by atoms with Crippen molar-refractivity contribution in [1.82, 2.24) is 20.0 Å². The van der Waals surface area contributed by atoms with Crippen LogP contribution in [0, 0.1) is 0 Å². The van der Waals surface area contributed by atoms with Gasteiger partial charge in [0.2, 0.25) is 5.91 Å². The number of benzene rings is 2. The number of aryl methyl sites for hydroxylation is 1. The summed E-state index contributed by atoms with van der Waals surface area (Å²) in [5.74, 6) is -0.231. The molecular formula is C19H15N5O2S. The molecule has 27 heavy (non-hydrogen) atoms. The van der Waals surface area contributed by atoms with Gasteiger partial charge in [0.05, 0.1) is 17.6 Å². The number of nitrogens with one attached hydrogen (secondary N) is 1. The van der Waals surface area contributed by atoms with Crippen LogP contribution in [0.5, 0.6) is 0 Å². The van der Waals surface area contributed by atoms with E-state index in [1.165, 1.54) is 16.0 Å². The zero-order valence-electron chi connectivity index (χ0n) is 14.2. The number of carbonyl (C=O) groups is 1. The van der Waals surface area contributed by atoms with Crippen molar-refractivity contribution < 1.29 is 4.79 Å². The molecule has 2 aromatic heterocycles. The van der Waals surface area contributed by atoms with Crippen LogP contribution >= 0.6 is 11.3 Å². The SMILES string of the molecule is O=C(CCn1nnc2ccccc2c1=O)Nc1nc(-c2ccccc2)cs1. The van der Waals surface area contributed by atoms with Gasteiger partial charge in [0.25, 0.3) is 5.56 Å². The number of anilines is 1. The van der Waals surface area contributed by atoms with E-state index >= 15 is 0 Å². The standard InChI is InChI=1S/C19H15N5O2S/c25-17(21-19-20-16(12-27-19)13-6-2-1-3-7-13)10-11-24-18(26)14-8-4-5-9-15(14)22-23-24/h1-9,12H,10-11H2,(H,20,21,25). The Hall–Kier alpha value is -3.39. The number of hydrogen-bond acceptors (Lipinski definition) is 6. The number of amides is 1. The summed E-state index contributed by atoms with van der Waals surface area (Å²) < 4.78 is 1.21. The molecule has 0 aliphatic rings. The molecular weight excluding hydrogens is 362 g/mol. The molecule has 2 heterocycles. The van der Waals surface area contributed by atoms with Gasteiger partial charge in [0.1, 0.15) is 5.52 Å². The quantitative estimate of drug-likeness (QED) is 0.577. The third-order valence-electron chi connectivity index (χ3n) is 4.00. The molecule has 0 saturated heterocycles. The first-order valence-corrected chi connectivity index (χ1v) is 9.22. The van der Waals surface area contributed by atoms with Crippen molar-refractivity contribution in [2.45, 2.75) is 13.0 Å². The number of fused-ring (bicyclic) bond motifs is 1. The highest BCUT2D eigenvalue weighted by molar-refractivity contribution is 7.14. The molecule has 0 radical (unpaired) electrons. The van der Waals surface area contributed by atoms with Crippen LogP contribution in [0.3, 0.4) is 0 Å². The molecule has 2 aromatic carbocycles. The second-order valence-electron chi connectivity index (χ2n) is 5.84. The Balaban J connectivity index is 1.41. The lowest BCUT2D eigenvalue weighted by molar-refractivity contribution is -0.116. The van der Waals surface area contributed by atoms with Crippen LogP contribution in [0.4, 0.5) is 5.13 Å². The van der Waals surface area contributed by atoms with Crippen molar-refractivity contribution in [3.05, 3.63) is 70.3 Å². The Morgan fingerprint density at radius 2 is 1.85 bits per heavy atom. The average Bonchev–Trinajstić information content (AvgIpc) is 3.17. The lowest BCUT2D eigenvalue weighted by atomic mass is 10.2. The number of carbonyl (C=O) groups excluding carboxylic acids is 1. The van der Waals surface area contributed by atoms with Gasteiger partial charge in [-0.1, -0.05) is 47.7 Å². The molecule has 7 nitrogen and oxygen atoms in total. The van der Waals surface area contributed by atoms with Gasteiger partial charge in [-0.15, -0.1) is 16.4 Å². The van der Waals surface area contributed by atoms with E-state index < -0.39 is 0 Å². The summed E-state index contributed by atoms with van der Waals surface area (Å²) in [6.45, 7) is 0.152. The van der Waals surface area contributed by atoms with Crippen molar-refractivity contribution in [3.63, 3.8) is 0 Å². The molecule has 4 aromatic rings. The van der Waals surface area contributed by atoms with E-state index in [0.717, 1.165) is 11.3 Å². The summed E-state index contributed by atoms with van der Waals surface area (Å²) in [6, 6.07) is 16.7. The van der Waals surface area contributed by atoms with Crippen molar-refractivity contribution in [2.24, 2.45) is 0 Å². The summed E-state index contributed by atoms with van der Waals surface area (Å²) >= 11 is 1.36. The van der Waals surface area contributed by atoms with Crippen LogP contribution in [0.15, 0.2) is 64.8 Å². The minimum Gasteiger partial charge on any atom is -0.302 e. The summed E-state index contributed by atoms with van der Waals surface area (Å²) in [7, 11) is 0. The fraction of sp³-hybridized carbons (Fsp3) is 0.105. The molecule has 0 aliphatic heterocycles. The van der Waals surface area contributed by atoms with Gasteiger partial charge in [-0.2, -0.15) is 0 Å². The predicted octanol–water partition coefficient (Wildman–Crippen LogP) is 2.94. The Kier molecular flexibility index (Phi) is 4.71. The highest BCUT2D eigenvalue weighted by Crippen LogP contribution is 2.24. The van der Waals surface area contributed by atoms with Gasteiger partial charge in [-0.05, 0) is 12.1 Å². The summed E-state index contributed by atoms with van der Waals surface area (Å²) in [5.41, 5.74) is 2.09. The number of rotatable bonds is 5. The van der Waals surface area contributed by atoms with Gasteiger partial charge in [0, 0.05) is 17.4 Å². The maximum Gasteiger partial charge on any atom is 0.277 e. The molecule has 0 fully saturated rings. The second kappa shape index (κ2) is 7.46.